The van der Waals surface area contributed by atoms with Gasteiger partial charge in [-0.1, -0.05) is 78.4 Å². The Balaban J connectivity index is 1.32. The molecule has 0 spiro atoms. The molecule has 0 bridgehead atoms. The molecule has 3 fully saturated rings. The predicted octanol–water partition coefficient (Wildman–Crippen LogP) is 6.68. The van der Waals surface area contributed by atoms with Gasteiger partial charge in [-0.05, 0) is 84.5 Å². The van der Waals surface area contributed by atoms with E-state index >= 15 is 4.79 Å². The molecule has 2 heterocycles. The van der Waals surface area contributed by atoms with Crippen molar-refractivity contribution in [2.75, 3.05) is 23.5 Å². The smallest absolute Gasteiger partial charge is 0.260 e. The Hall–Kier alpha value is -5.58. The van der Waals surface area contributed by atoms with E-state index in [4.69, 9.17) is 16.3 Å². The average molecular weight is 732 g/mol. The second-order valence-electron chi connectivity index (χ2n) is 13.8. The van der Waals surface area contributed by atoms with Crippen LogP contribution >= 0.6 is 11.6 Å². The number of aliphatic hydroxyl groups excluding tert-OH is 1. The van der Waals surface area contributed by atoms with Crippen LogP contribution in [0.5, 0.6) is 5.75 Å². The maximum absolute atomic E-state index is 15.3. The molecule has 268 valence electrons. The molecule has 0 radical (unpaired) electrons. The van der Waals surface area contributed by atoms with Crippen LogP contribution in [0.4, 0.5) is 15.8 Å². The number of rotatable bonds is 9. The number of hydrogen-bond donors (Lipinski definition) is 2. The summed E-state index contributed by atoms with van der Waals surface area (Å²) in [4.78, 5) is 60.1. The lowest BCUT2D eigenvalue weighted by atomic mass is 9.49. The number of imide groups is 2. The summed E-state index contributed by atoms with van der Waals surface area (Å²) in [7, 11) is 0. The quantitative estimate of drug-likeness (QED) is 0.146. The standard InChI is InChI=1S/C42H35ClFN3O6/c1-2-24-7-17-29(18-8-24)46-38(49)32-20-19-30-33(36(32)40(46)51)23-34-39(50)47(45-28-15-13-27(44)14-16-28)41(52)42(34,25-9-11-26(43)12-10-25)37(30)31-5-3-4-6-35(31)53-22-21-48/h2-19,32-34,36-37,45,48H,1,20-23H2/t32-,33+,34-,36-,37+,42+/m0/s1. The Morgan fingerprint density at radius 2 is 1.62 bits per heavy atom. The molecule has 0 aromatic heterocycles. The minimum Gasteiger partial charge on any atom is -0.491 e. The highest BCUT2D eigenvalue weighted by atomic mass is 35.5. The van der Waals surface area contributed by atoms with E-state index in [2.05, 4.69) is 12.0 Å². The first-order chi connectivity index (χ1) is 25.7. The Labute approximate surface area is 310 Å². The van der Waals surface area contributed by atoms with Gasteiger partial charge in [0.2, 0.25) is 11.8 Å². The maximum atomic E-state index is 15.3. The SMILES string of the molecule is C=Cc1ccc(N2C(=O)[C@H]3[C@H](CC=C4[C@H]3C[C@H]3C(=O)N(Nc5ccc(F)cc5)C(=O)[C@@]3(c3ccc(Cl)cc3)[C@H]4c3ccccc3OCCO)C2=O)cc1. The molecule has 0 unspecified atom stereocenters. The van der Waals surface area contributed by atoms with Crippen LogP contribution in [0.25, 0.3) is 6.08 Å². The average Bonchev–Trinajstić information content (AvgIpc) is 3.56. The zero-order chi connectivity index (χ0) is 37.0. The van der Waals surface area contributed by atoms with Gasteiger partial charge in [0.05, 0.1) is 41.2 Å². The van der Waals surface area contributed by atoms with Crippen molar-refractivity contribution in [1.29, 1.82) is 0 Å². The van der Waals surface area contributed by atoms with E-state index in [0.29, 0.717) is 33.3 Å². The van der Waals surface area contributed by atoms with E-state index in [9.17, 15) is 23.9 Å². The van der Waals surface area contributed by atoms with Crippen LogP contribution in [-0.2, 0) is 24.6 Å². The Morgan fingerprint density at radius 1 is 0.906 bits per heavy atom. The normalized spacial score (nSPS) is 26.2. The molecule has 2 aliphatic carbocycles. The number of carbonyl (C=O) groups excluding carboxylic acids is 4. The number of halogens is 2. The molecule has 4 aromatic carbocycles. The highest BCUT2D eigenvalue weighted by molar-refractivity contribution is 6.30. The topological polar surface area (TPSA) is 116 Å². The zero-order valence-corrected chi connectivity index (χ0v) is 29.2. The summed E-state index contributed by atoms with van der Waals surface area (Å²) >= 11 is 6.38. The number of benzene rings is 4. The van der Waals surface area contributed by atoms with E-state index in [-0.39, 0.29) is 37.9 Å². The number of ether oxygens (including phenoxy) is 1. The fraction of sp³-hybridized carbons (Fsp3) is 0.238. The molecule has 6 atom stereocenters. The van der Waals surface area contributed by atoms with Gasteiger partial charge >= 0.3 is 0 Å². The molecule has 4 aromatic rings. The van der Waals surface area contributed by atoms with Gasteiger partial charge in [-0.3, -0.25) is 29.5 Å². The van der Waals surface area contributed by atoms with Crippen molar-refractivity contribution in [3.05, 3.63) is 143 Å². The number of hydrazine groups is 1. The minimum absolute atomic E-state index is 0.0218. The zero-order valence-electron chi connectivity index (χ0n) is 28.5. The fourth-order valence-electron chi connectivity index (χ4n) is 9.02. The summed E-state index contributed by atoms with van der Waals surface area (Å²) < 4.78 is 20.0. The van der Waals surface area contributed by atoms with Gasteiger partial charge in [0.1, 0.15) is 18.2 Å². The van der Waals surface area contributed by atoms with E-state index in [1.165, 1.54) is 29.2 Å². The first-order valence-corrected chi connectivity index (χ1v) is 17.9. The first-order valence-electron chi connectivity index (χ1n) is 17.5. The molecule has 2 aliphatic heterocycles. The lowest BCUT2D eigenvalue weighted by Gasteiger charge is -2.50. The van der Waals surface area contributed by atoms with Gasteiger partial charge in [-0.25, -0.2) is 4.39 Å². The van der Waals surface area contributed by atoms with Crippen LogP contribution in [-0.4, -0.2) is 47.0 Å². The molecule has 9 nitrogen and oxygen atoms in total. The van der Waals surface area contributed by atoms with Crippen molar-refractivity contribution < 1.29 is 33.4 Å². The summed E-state index contributed by atoms with van der Waals surface area (Å²) in [5, 5.41) is 11.2. The van der Waals surface area contributed by atoms with Crippen LogP contribution < -0.4 is 15.1 Å². The van der Waals surface area contributed by atoms with Crippen LogP contribution in [0.2, 0.25) is 5.02 Å². The number of nitrogens with zero attached hydrogens (tertiary/aromatic N) is 2. The van der Waals surface area contributed by atoms with Crippen LogP contribution in [0.1, 0.15) is 35.4 Å². The molecule has 2 saturated heterocycles. The second-order valence-corrected chi connectivity index (χ2v) is 14.2. The third kappa shape index (κ3) is 5.38. The third-order valence-electron chi connectivity index (χ3n) is 11.2. The molecule has 11 heteroatoms. The van der Waals surface area contributed by atoms with Gasteiger partial charge in [0.15, 0.2) is 0 Å². The number of anilines is 2. The molecule has 8 rings (SSSR count). The molecular formula is C42H35ClFN3O6. The van der Waals surface area contributed by atoms with Crippen molar-refractivity contribution in [2.24, 2.45) is 23.7 Å². The van der Waals surface area contributed by atoms with Gasteiger partial charge < -0.3 is 9.84 Å². The Morgan fingerprint density at radius 3 is 2.32 bits per heavy atom. The summed E-state index contributed by atoms with van der Waals surface area (Å²) in [5.41, 5.74) is 4.90. The number of fused-ring (bicyclic) bond motifs is 4. The largest absolute Gasteiger partial charge is 0.491 e. The Bertz CT molecular complexity index is 2170. The number of aliphatic hydroxyl groups is 1. The summed E-state index contributed by atoms with van der Waals surface area (Å²) in [6.07, 6.45) is 4.00. The summed E-state index contributed by atoms with van der Waals surface area (Å²) in [6, 6.07) is 26.4. The summed E-state index contributed by atoms with van der Waals surface area (Å²) in [6.45, 7) is 3.51. The van der Waals surface area contributed by atoms with Gasteiger partial charge in [-0.2, -0.15) is 5.01 Å². The van der Waals surface area contributed by atoms with E-state index in [1.807, 2.05) is 18.2 Å². The first kappa shape index (κ1) is 34.5. The maximum Gasteiger partial charge on any atom is 0.260 e. The molecule has 4 aliphatic rings. The van der Waals surface area contributed by atoms with E-state index in [0.717, 1.165) is 16.1 Å². The van der Waals surface area contributed by atoms with Crippen LogP contribution in [0.3, 0.4) is 0 Å². The molecular weight excluding hydrogens is 697 g/mol. The second kappa shape index (κ2) is 13.4. The lowest BCUT2D eigenvalue weighted by molar-refractivity contribution is -0.138. The van der Waals surface area contributed by atoms with Crippen molar-refractivity contribution in [3.8, 4) is 5.75 Å². The van der Waals surface area contributed by atoms with Crippen molar-refractivity contribution in [2.45, 2.75) is 24.2 Å². The number of carbonyl (C=O) groups is 4. The molecule has 53 heavy (non-hydrogen) atoms. The highest BCUT2D eigenvalue weighted by Crippen LogP contribution is 2.65. The third-order valence-corrected chi connectivity index (χ3v) is 11.5. The minimum atomic E-state index is -1.56. The molecule has 1 saturated carbocycles. The number of hydrogen-bond acceptors (Lipinski definition) is 7. The van der Waals surface area contributed by atoms with E-state index in [1.54, 1.807) is 66.7 Å². The van der Waals surface area contributed by atoms with Gasteiger partial charge in [0.25, 0.3) is 11.8 Å². The predicted molar refractivity (Wildman–Crippen MR) is 197 cm³/mol. The van der Waals surface area contributed by atoms with E-state index < -0.39 is 52.6 Å². The van der Waals surface area contributed by atoms with Crippen molar-refractivity contribution >= 4 is 52.7 Å². The lowest BCUT2D eigenvalue weighted by Crippen LogP contribution is -2.53. The van der Waals surface area contributed by atoms with Gasteiger partial charge in [-0.15, -0.1) is 0 Å². The highest BCUT2D eigenvalue weighted by Gasteiger charge is 2.70. The number of amides is 4. The number of nitrogens with one attached hydrogen (secondary N) is 1. The number of allylic oxidation sites excluding steroid dienone is 2. The van der Waals surface area contributed by atoms with Crippen LogP contribution in [0.15, 0.2) is 115 Å². The molecule has 4 amide bonds. The number of para-hydroxylation sites is 1. The van der Waals surface area contributed by atoms with Gasteiger partial charge in [0, 0.05) is 16.5 Å². The monoisotopic (exact) mass is 731 g/mol. The summed E-state index contributed by atoms with van der Waals surface area (Å²) in [5.74, 6) is -5.71. The van der Waals surface area contributed by atoms with Crippen molar-refractivity contribution in [1.82, 2.24) is 5.01 Å². The van der Waals surface area contributed by atoms with Crippen LogP contribution in [0, 0.1) is 29.5 Å². The van der Waals surface area contributed by atoms with Crippen molar-refractivity contribution in [3.63, 3.8) is 0 Å². The fourth-order valence-corrected chi connectivity index (χ4v) is 9.15. The molecule has 2 N–H and O–H groups in total. The Kier molecular flexibility index (Phi) is 8.75.